The van der Waals surface area contributed by atoms with Crippen LogP contribution in [0.15, 0.2) is 24.4 Å². The fraction of sp³-hybridized carbons (Fsp3) is 0.462. The van der Waals surface area contributed by atoms with Gasteiger partial charge in [-0.15, -0.1) is 0 Å². The van der Waals surface area contributed by atoms with Crippen LogP contribution in [-0.4, -0.2) is 33.4 Å². The summed E-state index contributed by atoms with van der Waals surface area (Å²) in [5.41, 5.74) is 0.820. The van der Waals surface area contributed by atoms with Gasteiger partial charge in [0.1, 0.15) is 0 Å². The summed E-state index contributed by atoms with van der Waals surface area (Å²) in [6, 6.07) is 5.55. The highest BCUT2D eigenvalue weighted by molar-refractivity contribution is 5.89. The van der Waals surface area contributed by atoms with E-state index in [1.165, 1.54) is 0 Å². The lowest BCUT2D eigenvalue weighted by molar-refractivity contribution is -0.142. The van der Waals surface area contributed by atoms with Crippen LogP contribution < -0.4 is 0 Å². The summed E-state index contributed by atoms with van der Waals surface area (Å²) in [6.45, 7) is 2.90. The second-order valence-electron chi connectivity index (χ2n) is 4.46. The maximum Gasteiger partial charge on any atom is 0.307 e. The number of carbonyl (C=O) groups is 2. The lowest BCUT2D eigenvalue weighted by Gasteiger charge is -2.20. The number of aromatic nitrogens is 1. The van der Waals surface area contributed by atoms with E-state index in [4.69, 9.17) is 5.11 Å². The van der Waals surface area contributed by atoms with Crippen molar-refractivity contribution >= 4 is 11.9 Å². The number of hydrogen-bond donors (Lipinski definition) is 1. The van der Waals surface area contributed by atoms with Gasteiger partial charge in [-0.3, -0.25) is 14.6 Å². The summed E-state index contributed by atoms with van der Waals surface area (Å²) in [5.74, 6) is -1.78. The van der Waals surface area contributed by atoms with E-state index in [1.807, 2.05) is 25.1 Å². The Kier molecular flexibility index (Phi) is 3.60. The van der Waals surface area contributed by atoms with E-state index in [0.717, 1.165) is 5.69 Å². The minimum absolute atomic E-state index is 0.0736. The van der Waals surface area contributed by atoms with Crippen LogP contribution in [0.4, 0.5) is 0 Å². The van der Waals surface area contributed by atoms with E-state index in [0.29, 0.717) is 19.5 Å². The number of pyridine rings is 1. The Labute approximate surface area is 105 Å². The Morgan fingerprint density at radius 3 is 2.72 bits per heavy atom. The fourth-order valence-electron chi connectivity index (χ4n) is 2.01. The van der Waals surface area contributed by atoms with Crippen LogP contribution in [0.3, 0.4) is 0 Å². The second kappa shape index (κ2) is 5.16. The van der Waals surface area contributed by atoms with Crippen LogP contribution in [-0.2, 0) is 16.1 Å². The van der Waals surface area contributed by atoms with Gasteiger partial charge in [0.2, 0.25) is 5.91 Å². The zero-order valence-corrected chi connectivity index (χ0v) is 10.2. The molecule has 0 saturated heterocycles. The molecule has 1 aliphatic rings. The average Bonchev–Trinajstić information content (AvgIpc) is 3.16. The first-order valence-electron chi connectivity index (χ1n) is 6.05. The van der Waals surface area contributed by atoms with E-state index >= 15 is 0 Å². The van der Waals surface area contributed by atoms with E-state index in [2.05, 4.69) is 4.98 Å². The van der Waals surface area contributed by atoms with Crippen molar-refractivity contribution in [1.82, 2.24) is 9.88 Å². The Morgan fingerprint density at radius 1 is 1.44 bits per heavy atom. The lowest BCUT2D eigenvalue weighted by atomic mass is 10.2. The van der Waals surface area contributed by atoms with Crippen molar-refractivity contribution < 1.29 is 14.7 Å². The van der Waals surface area contributed by atoms with Crippen molar-refractivity contribution in [3.05, 3.63) is 30.1 Å². The van der Waals surface area contributed by atoms with Gasteiger partial charge in [0.05, 0.1) is 24.1 Å². The fourth-order valence-corrected chi connectivity index (χ4v) is 2.01. The first-order chi connectivity index (χ1) is 8.63. The zero-order chi connectivity index (χ0) is 13.1. The highest BCUT2D eigenvalue weighted by Gasteiger charge is 2.49. The molecule has 5 nitrogen and oxygen atoms in total. The largest absolute Gasteiger partial charge is 0.481 e. The maximum atomic E-state index is 12.1. The molecule has 1 heterocycles. The number of hydrogen-bond acceptors (Lipinski definition) is 3. The van der Waals surface area contributed by atoms with Gasteiger partial charge < -0.3 is 10.0 Å². The summed E-state index contributed by atoms with van der Waals surface area (Å²) >= 11 is 0. The Morgan fingerprint density at radius 2 is 2.22 bits per heavy atom. The van der Waals surface area contributed by atoms with Crippen molar-refractivity contribution in [3.8, 4) is 0 Å². The molecule has 18 heavy (non-hydrogen) atoms. The van der Waals surface area contributed by atoms with Crippen LogP contribution >= 0.6 is 0 Å². The molecule has 0 radical (unpaired) electrons. The van der Waals surface area contributed by atoms with E-state index < -0.39 is 11.9 Å². The number of amides is 1. The van der Waals surface area contributed by atoms with Crippen LogP contribution in [0.25, 0.3) is 0 Å². The summed E-state index contributed by atoms with van der Waals surface area (Å²) in [7, 11) is 0. The SMILES string of the molecule is CCN(Cc1ccccn1)C(=O)C1CC1C(=O)O. The minimum Gasteiger partial charge on any atom is -0.481 e. The molecule has 0 bridgehead atoms. The predicted octanol–water partition coefficient (Wildman–Crippen LogP) is 1.15. The summed E-state index contributed by atoms with van der Waals surface area (Å²) < 4.78 is 0. The van der Waals surface area contributed by atoms with Gasteiger partial charge >= 0.3 is 5.97 Å². The van der Waals surface area contributed by atoms with Crippen molar-refractivity contribution in [2.24, 2.45) is 11.8 Å². The molecule has 1 fully saturated rings. The number of nitrogens with zero attached hydrogens (tertiary/aromatic N) is 2. The minimum atomic E-state index is -0.873. The number of carboxylic acid groups (broad SMARTS) is 1. The molecule has 2 atom stereocenters. The molecule has 1 aliphatic carbocycles. The normalized spacial score (nSPS) is 21.4. The molecule has 2 rings (SSSR count). The smallest absolute Gasteiger partial charge is 0.307 e. The average molecular weight is 248 g/mol. The molecule has 0 aromatic carbocycles. The van der Waals surface area contributed by atoms with Crippen molar-refractivity contribution in [2.75, 3.05) is 6.54 Å². The standard InChI is InChI=1S/C13H16N2O3/c1-2-15(8-9-5-3-4-6-14-9)12(16)10-7-11(10)13(17)18/h3-6,10-11H,2,7-8H2,1H3,(H,17,18). The van der Waals surface area contributed by atoms with Crippen molar-refractivity contribution in [3.63, 3.8) is 0 Å². The number of rotatable bonds is 5. The predicted molar refractivity (Wildman–Crippen MR) is 64.6 cm³/mol. The Bertz CT molecular complexity index is 447. The molecule has 2 unspecified atom stereocenters. The topological polar surface area (TPSA) is 70.5 Å². The summed E-state index contributed by atoms with van der Waals surface area (Å²) in [5, 5.41) is 8.83. The van der Waals surface area contributed by atoms with E-state index in [9.17, 15) is 9.59 Å². The van der Waals surface area contributed by atoms with Crippen LogP contribution in [0.1, 0.15) is 19.0 Å². The molecule has 1 aromatic rings. The monoisotopic (exact) mass is 248 g/mol. The van der Waals surface area contributed by atoms with E-state index in [-0.39, 0.29) is 11.8 Å². The molecular formula is C13H16N2O3. The summed E-state index contributed by atoms with van der Waals surface area (Å²) in [4.78, 5) is 28.7. The second-order valence-corrected chi connectivity index (χ2v) is 4.46. The molecule has 1 N–H and O–H groups in total. The Balaban J connectivity index is 1.97. The van der Waals surface area contributed by atoms with Crippen LogP contribution in [0, 0.1) is 11.8 Å². The van der Waals surface area contributed by atoms with Gasteiger partial charge in [-0.25, -0.2) is 0 Å². The third-order valence-electron chi connectivity index (χ3n) is 3.20. The third kappa shape index (κ3) is 2.67. The number of aliphatic carboxylic acids is 1. The van der Waals surface area contributed by atoms with Gasteiger partial charge in [0.15, 0.2) is 0 Å². The van der Waals surface area contributed by atoms with Gasteiger partial charge in [-0.05, 0) is 25.5 Å². The lowest BCUT2D eigenvalue weighted by Crippen LogP contribution is -2.32. The number of carbonyl (C=O) groups excluding carboxylic acids is 1. The van der Waals surface area contributed by atoms with Gasteiger partial charge in [0.25, 0.3) is 0 Å². The molecular weight excluding hydrogens is 232 g/mol. The van der Waals surface area contributed by atoms with Gasteiger partial charge in [0, 0.05) is 12.7 Å². The highest BCUT2D eigenvalue weighted by Crippen LogP contribution is 2.40. The van der Waals surface area contributed by atoms with Crippen LogP contribution in [0.2, 0.25) is 0 Å². The molecule has 1 saturated carbocycles. The Hall–Kier alpha value is -1.91. The molecule has 96 valence electrons. The van der Waals surface area contributed by atoms with E-state index in [1.54, 1.807) is 11.1 Å². The van der Waals surface area contributed by atoms with Crippen molar-refractivity contribution in [2.45, 2.75) is 19.9 Å². The number of carboxylic acids is 1. The maximum absolute atomic E-state index is 12.1. The molecule has 1 amide bonds. The zero-order valence-electron chi connectivity index (χ0n) is 10.2. The summed E-state index contributed by atoms with van der Waals surface area (Å²) in [6.07, 6.45) is 2.15. The first kappa shape index (κ1) is 12.5. The quantitative estimate of drug-likeness (QED) is 0.848. The van der Waals surface area contributed by atoms with Gasteiger partial charge in [-0.2, -0.15) is 0 Å². The molecule has 1 aromatic heterocycles. The van der Waals surface area contributed by atoms with Crippen molar-refractivity contribution in [1.29, 1.82) is 0 Å². The molecule has 5 heteroatoms. The third-order valence-corrected chi connectivity index (χ3v) is 3.20. The molecule has 0 aliphatic heterocycles. The van der Waals surface area contributed by atoms with Gasteiger partial charge in [-0.1, -0.05) is 6.07 Å². The molecule has 0 spiro atoms. The van der Waals surface area contributed by atoms with Crippen LogP contribution in [0.5, 0.6) is 0 Å². The highest BCUT2D eigenvalue weighted by atomic mass is 16.4. The first-order valence-corrected chi connectivity index (χ1v) is 6.05.